The number of furan rings is 1. The molecule has 22 heavy (non-hydrogen) atoms. The molecule has 3 rings (SSSR count). The first-order valence-electron chi connectivity index (χ1n) is 7.49. The van der Waals surface area contributed by atoms with E-state index in [4.69, 9.17) is 4.42 Å². The lowest BCUT2D eigenvalue weighted by Crippen LogP contribution is -2.52. The number of hydrogen-bond acceptors (Lipinski definition) is 3. The number of aryl methyl sites for hydroxylation is 2. The highest BCUT2D eigenvalue weighted by Crippen LogP contribution is 2.32. The number of fused-ring (bicyclic) bond motifs is 1. The summed E-state index contributed by atoms with van der Waals surface area (Å²) in [5.41, 5.74) is 1.22. The minimum atomic E-state index is -1.16. The Balaban J connectivity index is 1.97. The van der Waals surface area contributed by atoms with Crippen LogP contribution in [0.15, 0.2) is 22.6 Å². The molecule has 116 valence electrons. The highest BCUT2D eigenvalue weighted by Gasteiger charge is 2.43. The summed E-state index contributed by atoms with van der Waals surface area (Å²) in [5, 5.41) is 13.1. The van der Waals surface area contributed by atoms with E-state index in [9.17, 15) is 14.7 Å². The molecule has 0 unspecified atom stereocenters. The van der Waals surface area contributed by atoms with E-state index in [1.54, 1.807) is 0 Å². The molecule has 0 atom stereocenters. The van der Waals surface area contributed by atoms with Gasteiger partial charge in [-0.3, -0.25) is 4.79 Å². The number of rotatable bonds is 3. The van der Waals surface area contributed by atoms with Gasteiger partial charge in [0.2, 0.25) is 0 Å². The fraction of sp³-hybridized carbons (Fsp3) is 0.412. The van der Waals surface area contributed by atoms with Gasteiger partial charge in [-0.15, -0.1) is 0 Å². The number of carbonyl (C=O) groups is 2. The van der Waals surface area contributed by atoms with Crippen molar-refractivity contribution >= 4 is 22.8 Å². The van der Waals surface area contributed by atoms with Gasteiger partial charge in [-0.25, -0.2) is 4.79 Å². The second-order valence-electron chi connectivity index (χ2n) is 6.06. The Morgan fingerprint density at radius 2 is 1.91 bits per heavy atom. The van der Waals surface area contributed by atoms with Crippen LogP contribution in [0.4, 0.5) is 0 Å². The molecule has 0 spiro atoms. The summed E-state index contributed by atoms with van der Waals surface area (Å²) in [6.07, 6.45) is 2.55. The first-order chi connectivity index (χ1) is 10.4. The van der Waals surface area contributed by atoms with Crippen LogP contribution in [0, 0.1) is 13.8 Å². The Morgan fingerprint density at radius 1 is 1.23 bits per heavy atom. The van der Waals surface area contributed by atoms with Gasteiger partial charge in [0.15, 0.2) is 5.76 Å². The number of hydrogen-bond donors (Lipinski definition) is 2. The van der Waals surface area contributed by atoms with Gasteiger partial charge in [0, 0.05) is 10.9 Å². The molecule has 2 aromatic rings. The third-order valence-electron chi connectivity index (χ3n) is 4.59. The van der Waals surface area contributed by atoms with E-state index in [2.05, 4.69) is 5.32 Å². The fourth-order valence-electron chi connectivity index (χ4n) is 3.25. The molecule has 5 nitrogen and oxygen atoms in total. The van der Waals surface area contributed by atoms with Crippen LogP contribution in [0.5, 0.6) is 0 Å². The molecular weight excluding hydrogens is 282 g/mol. The van der Waals surface area contributed by atoms with E-state index < -0.39 is 17.4 Å². The van der Waals surface area contributed by atoms with E-state index in [1.807, 2.05) is 32.0 Å². The van der Waals surface area contributed by atoms with Crippen molar-refractivity contribution in [1.82, 2.24) is 5.32 Å². The molecule has 1 aliphatic rings. The Bertz CT molecular complexity index is 753. The van der Waals surface area contributed by atoms with Crippen molar-refractivity contribution in [2.75, 3.05) is 0 Å². The summed E-state index contributed by atoms with van der Waals surface area (Å²) < 4.78 is 5.72. The third-order valence-corrected chi connectivity index (χ3v) is 4.59. The summed E-state index contributed by atoms with van der Waals surface area (Å²) in [7, 11) is 0. The van der Waals surface area contributed by atoms with Crippen molar-refractivity contribution < 1.29 is 19.1 Å². The summed E-state index contributed by atoms with van der Waals surface area (Å²) in [4.78, 5) is 24.1. The van der Waals surface area contributed by atoms with E-state index in [0.717, 1.165) is 29.4 Å². The number of carbonyl (C=O) groups excluding carboxylic acids is 1. The van der Waals surface area contributed by atoms with Gasteiger partial charge in [-0.1, -0.05) is 31.0 Å². The van der Waals surface area contributed by atoms with Gasteiger partial charge in [0.05, 0.1) is 0 Å². The summed E-state index contributed by atoms with van der Waals surface area (Å²) >= 11 is 0. The van der Waals surface area contributed by atoms with Crippen molar-refractivity contribution in [3.63, 3.8) is 0 Å². The molecule has 0 saturated heterocycles. The maximum atomic E-state index is 12.5. The lowest BCUT2D eigenvalue weighted by Gasteiger charge is -2.24. The van der Waals surface area contributed by atoms with Crippen molar-refractivity contribution in [3.05, 3.63) is 35.1 Å². The zero-order valence-corrected chi connectivity index (χ0v) is 12.7. The molecule has 1 amide bonds. The second kappa shape index (κ2) is 5.16. The molecule has 1 fully saturated rings. The number of benzene rings is 1. The topological polar surface area (TPSA) is 79.5 Å². The van der Waals surface area contributed by atoms with Gasteiger partial charge in [0.1, 0.15) is 11.1 Å². The van der Waals surface area contributed by atoms with Gasteiger partial charge >= 0.3 is 5.97 Å². The standard InChI is InChI=1S/C17H19NO4/c1-10-6-5-7-12-11(2)14(22-13(10)12)15(19)18-17(16(20)21)8-3-4-9-17/h5-7H,3-4,8-9H2,1-2H3,(H,18,19)(H,20,21). The van der Waals surface area contributed by atoms with Crippen molar-refractivity contribution in [2.45, 2.75) is 45.1 Å². The first-order valence-corrected chi connectivity index (χ1v) is 7.49. The number of aliphatic carboxylic acids is 1. The normalized spacial score (nSPS) is 16.8. The Morgan fingerprint density at radius 3 is 2.50 bits per heavy atom. The van der Waals surface area contributed by atoms with Crippen molar-refractivity contribution in [1.29, 1.82) is 0 Å². The largest absolute Gasteiger partial charge is 0.480 e. The van der Waals surface area contributed by atoms with Gasteiger partial charge in [0.25, 0.3) is 5.91 Å². The lowest BCUT2D eigenvalue weighted by atomic mass is 9.97. The molecule has 0 radical (unpaired) electrons. The number of carboxylic acid groups (broad SMARTS) is 1. The monoisotopic (exact) mass is 301 g/mol. The lowest BCUT2D eigenvalue weighted by molar-refractivity contribution is -0.144. The minimum absolute atomic E-state index is 0.205. The van der Waals surface area contributed by atoms with Crippen LogP contribution in [-0.4, -0.2) is 22.5 Å². The summed E-state index contributed by atoms with van der Waals surface area (Å²) in [6.45, 7) is 3.74. The van der Waals surface area contributed by atoms with Crippen LogP contribution in [-0.2, 0) is 4.79 Å². The summed E-state index contributed by atoms with van der Waals surface area (Å²) in [6, 6.07) is 5.74. The Labute approximate surface area is 128 Å². The molecule has 1 aliphatic carbocycles. The number of carboxylic acids is 1. The molecule has 2 N–H and O–H groups in total. The predicted molar refractivity (Wildman–Crippen MR) is 82.0 cm³/mol. The SMILES string of the molecule is Cc1c(C(=O)NC2(C(=O)O)CCCC2)oc2c(C)cccc12. The highest BCUT2D eigenvalue weighted by molar-refractivity contribution is 6.01. The van der Waals surface area contributed by atoms with Gasteiger partial charge in [-0.2, -0.15) is 0 Å². The molecule has 1 heterocycles. The van der Waals surface area contributed by atoms with E-state index in [1.165, 1.54) is 0 Å². The molecule has 5 heteroatoms. The minimum Gasteiger partial charge on any atom is -0.480 e. The Hall–Kier alpha value is -2.30. The van der Waals surface area contributed by atoms with Crippen LogP contribution in [0.25, 0.3) is 11.0 Å². The number of para-hydroxylation sites is 1. The van der Waals surface area contributed by atoms with Crippen LogP contribution in [0.2, 0.25) is 0 Å². The number of amides is 1. The maximum Gasteiger partial charge on any atom is 0.329 e. The van der Waals surface area contributed by atoms with Gasteiger partial charge < -0.3 is 14.8 Å². The molecule has 1 aromatic heterocycles. The molecule has 0 aliphatic heterocycles. The fourth-order valence-corrected chi connectivity index (χ4v) is 3.25. The maximum absolute atomic E-state index is 12.5. The zero-order chi connectivity index (χ0) is 15.9. The van der Waals surface area contributed by atoms with Crippen LogP contribution in [0.1, 0.15) is 47.4 Å². The molecular formula is C17H19NO4. The van der Waals surface area contributed by atoms with Crippen LogP contribution >= 0.6 is 0 Å². The second-order valence-corrected chi connectivity index (χ2v) is 6.06. The Kier molecular flexibility index (Phi) is 3.43. The van der Waals surface area contributed by atoms with E-state index in [-0.39, 0.29) is 5.76 Å². The van der Waals surface area contributed by atoms with Crippen molar-refractivity contribution in [2.24, 2.45) is 0 Å². The molecule has 1 saturated carbocycles. The average Bonchev–Trinajstić information content (AvgIpc) is 3.06. The predicted octanol–water partition coefficient (Wildman–Crippen LogP) is 3.18. The highest BCUT2D eigenvalue weighted by atomic mass is 16.4. The smallest absolute Gasteiger partial charge is 0.329 e. The quantitative estimate of drug-likeness (QED) is 0.912. The van der Waals surface area contributed by atoms with Crippen LogP contribution in [0.3, 0.4) is 0 Å². The molecule has 1 aromatic carbocycles. The van der Waals surface area contributed by atoms with Crippen LogP contribution < -0.4 is 5.32 Å². The average molecular weight is 301 g/mol. The van der Waals surface area contributed by atoms with E-state index >= 15 is 0 Å². The van der Waals surface area contributed by atoms with Gasteiger partial charge in [-0.05, 0) is 32.3 Å². The summed E-state index contributed by atoms with van der Waals surface area (Å²) in [5.74, 6) is -1.21. The van der Waals surface area contributed by atoms with E-state index in [0.29, 0.717) is 18.4 Å². The third kappa shape index (κ3) is 2.17. The zero-order valence-electron chi connectivity index (χ0n) is 12.7. The van der Waals surface area contributed by atoms with Crippen molar-refractivity contribution in [3.8, 4) is 0 Å². The first kappa shape index (κ1) is 14.6. The molecule has 0 bridgehead atoms. The number of nitrogens with one attached hydrogen (secondary N) is 1.